The highest BCUT2D eigenvalue weighted by Gasteiger charge is 2.06. The van der Waals surface area contributed by atoms with E-state index in [9.17, 15) is 0 Å². The summed E-state index contributed by atoms with van der Waals surface area (Å²) in [6.07, 6.45) is 10.6. The van der Waals surface area contributed by atoms with Crippen molar-refractivity contribution in [2.75, 3.05) is 13.6 Å². The smallest absolute Gasteiger partial charge is 0.187 e. The van der Waals surface area contributed by atoms with Gasteiger partial charge in [0.1, 0.15) is 0 Å². The van der Waals surface area contributed by atoms with E-state index in [1.165, 1.54) is 0 Å². The minimum atomic E-state index is 0.564. The summed E-state index contributed by atoms with van der Waals surface area (Å²) in [4.78, 5) is 15.2. The van der Waals surface area contributed by atoms with E-state index in [1.54, 1.807) is 11.8 Å². The largest absolute Gasteiger partial charge is 0.336 e. The Bertz CT molecular complexity index is 511. The highest BCUT2D eigenvalue weighted by Crippen LogP contribution is 2.20. The van der Waals surface area contributed by atoms with Crippen molar-refractivity contribution in [3.63, 3.8) is 0 Å². The Morgan fingerprint density at radius 1 is 1.33 bits per heavy atom. The summed E-state index contributed by atoms with van der Waals surface area (Å²) in [5.74, 6) is 0. The molecule has 2 rings (SSSR count). The van der Waals surface area contributed by atoms with Gasteiger partial charge in [-0.25, -0.2) is 15.0 Å². The topological polar surface area (TPSA) is 46.8 Å². The predicted octanol–water partition coefficient (Wildman–Crippen LogP) is 2.70. The molecule has 0 aliphatic rings. The Morgan fingerprint density at radius 3 is 2.71 bits per heavy atom. The Kier molecular flexibility index (Phi) is 6.20. The van der Waals surface area contributed by atoms with Crippen LogP contribution in [0.2, 0.25) is 0 Å². The second-order valence-corrected chi connectivity index (χ2v) is 6.65. The molecule has 0 aromatic carbocycles. The maximum atomic E-state index is 4.44. The first-order chi connectivity index (χ1) is 10.2. The van der Waals surface area contributed by atoms with E-state index >= 15 is 0 Å². The number of aromatic nitrogens is 4. The summed E-state index contributed by atoms with van der Waals surface area (Å²) in [6, 6.07) is 0. The van der Waals surface area contributed by atoms with Gasteiger partial charge in [-0.3, -0.25) is 0 Å². The second kappa shape index (κ2) is 8.14. The number of thioether (sulfide) groups is 1. The number of hydrogen-bond donors (Lipinski definition) is 0. The van der Waals surface area contributed by atoms with Crippen LogP contribution < -0.4 is 0 Å². The van der Waals surface area contributed by atoms with Crippen LogP contribution in [0.1, 0.15) is 25.8 Å². The van der Waals surface area contributed by atoms with Gasteiger partial charge in [-0.1, -0.05) is 25.6 Å². The fourth-order valence-corrected chi connectivity index (χ4v) is 2.60. The van der Waals surface area contributed by atoms with Gasteiger partial charge in [0.2, 0.25) is 0 Å². The van der Waals surface area contributed by atoms with Crippen molar-refractivity contribution >= 4 is 11.8 Å². The van der Waals surface area contributed by atoms with E-state index in [2.05, 4.69) is 45.3 Å². The molecule has 5 nitrogen and oxygen atoms in total. The molecule has 1 atom stereocenters. The fourth-order valence-electron chi connectivity index (χ4n) is 1.84. The average Bonchev–Trinajstić information content (AvgIpc) is 3.00. The molecule has 21 heavy (non-hydrogen) atoms. The van der Waals surface area contributed by atoms with Gasteiger partial charge in [0.15, 0.2) is 5.16 Å². The maximum absolute atomic E-state index is 4.44. The van der Waals surface area contributed by atoms with E-state index in [-0.39, 0.29) is 0 Å². The lowest BCUT2D eigenvalue weighted by Gasteiger charge is -2.16. The lowest BCUT2D eigenvalue weighted by atomic mass is 10.3. The van der Waals surface area contributed by atoms with Gasteiger partial charge in [-0.05, 0) is 13.5 Å². The SMILES string of the molecule is CCC(C)Sc1ncc(CN(C)CCn2ccnc2)cn1. The predicted molar refractivity (Wildman–Crippen MR) is 86.2 cm³/mol. The number of rotatable bonds is 8. The average molecular weight is 305 g/mol. The van der Waals surface area contributed by atoms with Crippen LogP contribution in [0.15, 0.2) is 36.3 Å². The number of imidazole rings is 1. The molecular weight excluding hydrogens is 282 g/mol. The molecule has 0 spiro atoms. The maximum Gasteiger partial charge on any atom is 0.187 e. The van der Waals surface area contributed by atoms with Gasteiger partial charge in [0, 0.05) is 55.2 Å². The molecule has 0 aliphatic carbocycles. The molecule has 0 saturated carbocycles. The van der Waals surface area contributed by atoms with Crippen LogP contribution in [-0.2, 0) is 13.1 Å². The number of hydrogen-bond acceptors (Lipinski definition) is 5. The van der Waals surface area contributed by atoms with Crippen LogP contribution in [0.3, 0.4) is 0 Å². The lowest BCUT2D eigenvalue weighted by molar-refractivity contribution is 0.310. The molecule has 0 amide bonds. The van der Waals surface area contributed by atoms with Gasteiger partial charge < -0.3 is 9.47 Å². The van der Waals surface area contributed by atoms with Crippen LogP contribution in [0, 0.1) is 0 Å². The van der Waals surface area contributed by atoms with Gasteiger partial charge in [0.05, 0.1) is 6.33 Å². The zero-order valence-corrected chi connectivity index (χ0v) is 13.8. The molecule has 2 aromatic heterocycles. The third-order valence-electron chi connectivity index (χ3n) is 3.31. The first-order valence-corrected chi connectivity index (χ1v) is 8.17. The minimum absolute atomic E-state index is 0.564. The summed E-state index contributed by atoms with van der Waals surface area (Å²) >= 11 is 1.73. The van der Waals surface area contributed by atoms with Crippen molar-refractivity contribution < 1.29 is 0 Å². The summed E-state index contributed by atoms with van der Waals surface area (Å²) in [7, 11) is 2.11. The van der Waals surface area contributed by atoms with Crippen LogP contribution in [0.5, 0.6) is 0 Å². The third-order valence-corrected chi connectivity index (χ3v) is 4.47. The monoisotopic (exact) mass is 305 g/mol. The summed E-state index contributed by atoms with van der Waals surface area (Å²) in [5.41, 5.74) is 1.15. The highest BCUT2D eigenvalue weighted by atomic mass is 32.2. The first kappa shape index (κ1) is 16.0. The molecular formula is C15H23N5S. The van der Waals surface area contributed by atoms with Crippen molar-refractivity contribution in [2.24, 2.45) is 0 Å². The molecule has 0 aliphatic heterocycles. The van der Waals surface area contributed by atoms with Gasteiger partial charge >= 0.3 is 0 Å². The molecule has 6 heteroatoms. The summed E-state index contributed by atoms with van der Waals surface area (Å²) in [5, 5.41) is 1.43. The first-order valence-electron chi connectivity index (χ1n) is 7.29. The van der Waals surface area contributed by atoms with E-state index in [0.29, 0.717) is 5.25 Å². The van der Waals surface area contributed by atoms with E-state index in [4.69, 9.17) is 0 Å². The Hall–Kier alpha value is -1.40. The normalized spacial score (nSPS) is 12.8. The molecule has 0 N–H and O–H groups in total. The van der Waals surface area contributed by atoms with Gasteiger partial charge in [-0.2, -0.15) is 0 Å². The van der Waals surface area contributed by atoms with Crippen LogP contribution in [0.4, 0.5) is 0 Å². The van der Waals surface area contributed by atoms with Crippen LogP contribution >= 0.6 is 11.8 Å². The zero-order valence-electron chi connectivity index (χ0n) is 12.9. The highest BCUT2D eigenvalue weighted by molar-refractivity contribution is 7.99. The Labute approximate surface area is 130 Å². The molecule has 0 bridgehead atoms. The van der Waals surface area contributed by atoms with E-state index < -0.39 is 0 Å². The lowest BCUT2D eigenvalue weighted by Crippen LogP contribution is -2.22. The van der Waals surface area contributed by atoms with Crippen molar-refractivity contribution in [1.82, 2.24) is 24.4 Å². The Morgan fingerprint density at radius 2 is 2.10 bits per heavy atom. The van der Waals surface area contributed by atoms with Crippen molar-refractivity contribution in [3.05, 3.63) is 36.7 Å². The molecule has 1 unspecified atom stereocenters. The quantitative estimate of drug-likeness (QED) is 0.554. The third kappa shape index (κ3) is 5.47. The molecule has 0 saturated heterocycles. The number of nitrogens with zero attached hydrogens (tertiary/aromatic N) is 5. The fraction of sp³-hybridized carbons (Fsp3) is 0.533. The molecule has 0 radical (unpaired) electrons. The van der Waals surface area contributed by atoms with Crippen LogP contribution in [-0.4, -0.2) is 43.3 Å². The molecule has 2 aromatic rings. The second-order valence-electron chi connectivity index (χ2n) is 5.25. The van der Waals surface area contributed by atoms with E-state index in [0.717, 1.165) is 36.8 Å². The van der Waals surface area contributed by atoms with Crippen molar-refractivity contribution in [2.45, 2.75) is 43.8 Å². The van der Waals surface area contributed by atoms with Gasteiger partial charge in [-0.15, -0.1) is 0 Å². The van der Waals surface area contributed by atoms with Gasteiger partial charge in [0.25, 0.3) is 0 Å². The standard InChI is InChI=1S/C15H23N5S/c1-4-13(2)21-15-17-9-14(10-18-15)11-19(3)7-8-20-6-5-16-12-20/h5-6,9-10,12-13H,4,7-8,11H2,1-3H3. The summed E-state index contributed by atoms with van der Waals surface area (Å²) in [6.45, 7) is 7.16. The van der Waals surface area contributed by atoms with Crippen LogP contribution in [0.25, 0.3) is 0 Å². The summed E-state index contributed by atoms with van der Waals surface area (Å²) < 4.78 is 2.08. The van der Waals surface area contributed by atoms with Crippen molar-refractivity contribution in [3.8, 4) is 0 Å². The number of likely N-dealkylation sites (N-methyl/N-ethyl adjacent to an activating group) is 1. The minimum Gasteiger partial charge on any atom is -0.336 e. The molecule has 2 heterocycles. The zero-order chi connectivity index (χ0) is 15.1. The van der Waals surface area contributed by atoms with E-state index in [1.807, 2.05) is 31.1 Å². The van der Waals surface area contributed by atoms with Crippen molar-refractivity contribution in [1.29, 1.82) is 0 Å². The Balaban J connectivity index is 1.79. The molecule has 0 fully saturated rings. The molecule has 114 valence electrons.